The van der Waals surface area contributed by atoms with Gasteiger partial charge in [-0.25, -0.2) is 0 Å². The second-order valence-electron chi connectivity index (χ2n) is 4.27. The van der Waals surface area contributed by atoms with Crippen LogP contribution in [0.1, 0.15) is 18.4 Å². The molecule has 1 aliphatic rings. The lowest BCUT2D eigenvalue weighted by molar-refractivity contribution is 0.0406. The van der Waals surface area contributed by atoms with Crippen molar-refractivity contribution < 1.29 is 4.74 Å². The standard InChI is InChI=1S/C13H14BrNO/c14-12-4-2-1-3-11(12)9-13(10-15)5-7-16-8-6-13/h1-4H,5-9H2. The molecule has 0 bridgehead atoms. The summed E-state index contributed by atoms with van der Waals surface area (Å²) in [6, 6.07) is 10.6. The van der Waals surface area contributed by atoms with Crippen molar-refractivity contribution in [3.8, 4) is 6.07 Å². The minimum Gasteiger partial charge on any atom is -0.381 e. The Morgan fingerprint density at radius 1 is 1.31 bits per heavy atom. The minimum absolute atomic E-state index is 0.234. The second-order valence-corrected chi connectivity index (χ2v) is 5.13. The fourth-order valence-corrected chi connectivity index (χ4v) is 2.52. The molecule has 0 unspecified atom stereocenters. The van der Waals surface area contributed by atoms with E-state index in [1.165, 1.54) is 5.56 Å². The lowest BCUT2D eigenvalue weighted by Gasteiger charge is -2.30. The molecule has 0 aromatic heterocycles. The second kappa shape index (κ2) is 4.99. The summed E-state index contributed by atoms with van der Waals surface area (Å²) in [5, 5.41) is 9.37. The van der Waals surface area contributed by atoms with Crippen LogP contribution in [0.4, 0.5) is 0 Å². The van der Waals surface area contributed by atoms with Crippen molar-refractivity contribution in [2.75, 3.05) is 13.2 Å². The highest BCUT2D eigenvalue weighted by molar-refractivity contribution is 9.10. The minimum atomic E-state index is -0.234. The lowest BCUT2D eigenvalue weighted by Crippen LogP contribution is -2.30. The van der Waals surface area contributed by atoms with E-state index in [2.05, 4.69) is 28.1 Å². The van der Waals surface area contributed by atoms with Gasteiger partial charge in [0.15, 0.2) is 0 Å². The number of ether oxygens (including phenoxy) is 1. The number of benzene rings is 1. The molecule has 0 amide bonds. The smallest absolute Gasteiger partial charge is 0.0695 e. The average Bonchev–Trinajstić information content (AvgIpc) is 2.33. The summed E-state index contributed by atoms with van der Waals surface area (Å²) in [7, 11) is 0. The van der Waals surface area contributed by atoms with Crippen LogP contribution in [-0.4, -0.2) is 13.2 Å². The predicted octanol–water partition coefficient (Wildman–Crippen LogP) is 3.31. The molecule has 1 aliphatic heterocycles. The molecule has 1 saturated heterocycles. The Kier molecular flexibility index (Phi) is 3.63. The monoisotopic (exact) mass is 279 g/mol. The van der Waals surface area contributed by atoms with E-state index in [4.69, 9.17) is 4.74 Å². The third-order valence-electron chi connectivity index (χ3n) is 3.17. The Bertz CT molecular complexity index is 405. The number of hydrogen-bond acceptors (Lipinski definition) is 2. The zero-order valence-corrected chi connectivity index (χ0v) is 10.7. The molecule has 16 heavy (non-hydrogen) atoms. The van der Waals surface area contributed by atoms with Crippen molar-refractivity contribution in [2.45, 2.75) is 19.3 Å². The van der Waals surface area contributed by atoms with E-state index in [0.29, 0.717) is 13.2 Å². The molecule has 0 spiro atoms. The van der Waals surface area contributed by atoms with E-state index in [1.807, 2.05) is 18.2 Å². The first-order valence-corrected chi connectivity index (χ1v) is 6.27. The zero-order chi connectivity index (χ0) is 11.4. The molecular formula is C13H14BrNO. The van der Waals surface area contributed by atoms with Crippen molar-refractivity contribution >= 4 is 15.9 Å². The quantitative estimate of drug-likeness (QED) is 0.832. The largest absolute Gasteiger partial charge is 0.381 e. The Morgan fingerprint density at radius 3 is 2.62 bits per heavy atom. The van der Waals surface area contributed by atoms with E-state index in [1.54, 1.807) is 0 Å². The van der Waals surface area contributed by atoms with Gasteiger partial charge in [0, 0.05) is 17.7 Å². The number of hydrogen-bond donors (Lipinski definition) is 0. The van der Waals surface area contributed by atoms with Crippen LogP contribution >= 0.6 is 15.9 Å². The van der Waals surface area contributed by atoms with Gasteiger partial charge in [-0.05, 0) is 30.9 Å². The van der Waals surface area contributed by atoms with Gasteiger partial charge >= 0.3 is 0 Å². The molecule has 84 valence electrons. The number of nitriles is 1. The summed E-state index contributed by atoms with van der Waals surface area (Å²) >= 11 is 3.54. The first kappa shape index (κ1) is 11.6. The molecule has 1 aromatic rings. The van der Waals surface area contributed by atoms with E-state index < -0.39 is 0 Å². The van der Waals surface area contributed by atoms with Gasteiger partial charge in [-0.2, -0.15) is 5.26 Å². The molecule has 2 nitrogen and oxygen atoms in total. The van der Waals surface area contributed by atoms with Crippen molar-refractivity contribution in [1.82, 2.24) is 0 Å². The van der Waals surface area contributed by atoms with Gasteiger partial charge < -0.3 is 4.74 Å². The highest BCUT2D eigenvalue weighted by Gasteiger charge is 2.33. The third kappa shape index (κ3) is 2.45. The Morgan fingerprint density at radius 2 is 2.00 bits per heavy atom. The van der Waals surface area contributed by atoms with Crippen LogP contribution in [0.25, 0.3) is 0 Å². The molecule has 1 aromatic carbocycles. The van der Waals surface area contributed by atoms with Gasteiger partial charge in [0.2, 0.25) is 0 Å². The predicted molar refractivity (Wildman–Crippen MR) is 65.9 cm³/mol. The van der Waals surface area contributed by atoms with Crippen LogP contribution in [0, 0.1) is 16.7 Å². The maximum atomic E-state index is 9.37. The molecule has 0 aliphatic carbocycles. The van der Waals surface area contributed by atoms with Gasteiger partial charge in [-0.3, -0.25) is 0 Å². The lowest BCUT2D eigenvalue weighted by atomic mass is 9.77. The number of nitrogens with zero attached hydrogens (tertiary/aromatic N) is 1. The molecule has 1 heterocycles. The van der Waals surface area contributed by atoms with E-state index in [9.17, 15) is 5.26 Å². The third-order valence-corrected chi connectivity index (χ3v) is 3.95. The van der Waals surface area contributed by atoms with E-state index in [0.717, 1.165) is 23.7 Å². The van der Waals surface area contributed by atoms with Crippen LogP contribution < -0.4 is 0 Å². The molecule has 1 fully saturated rings. The van der Waals surface area contributed by atoms with Crippen LogP contribution in [-0.2, 0) is 11.2 Å². The SMILES string of the molecule is N#CC1(Cc2ccccc2Br)CCOCC1. The number of rotatable bonds is 2. The van der Waals surface area contributed by atoms with Gasteiger partial charge in [0.1, 0.15) is 0 Å². The van der Waals surface area contributed by atoms with Gasteiger partial charge in [0.25, 0.3) is 0 Å². The Balaban J connectivity index is 2.19. The van der Waals surface area contributed by atoms with Crippen molar-refractivity contribution in [3.63, 3.8) is 0 Å². The maximum absolute atomic E-state index is 9.37. The van der Waals surface area contributed by atoms with Crippen LogP contribution in [0.3, 0.4) is 0 Å². The van der Waals surface area contributed by atoms with Crippen LogP contribution in [0.2, 0.25) is 0 Å². The maximum Gasteiger partial charge on any atom is 0.0695 e. The first-order chi connectivity index (χ1) is 7.76. The molecule has 0 N–H and O–H groups in total. The molecule has 0 radical (unpaired) electrons. The summed E-state index contributed by atoms with van der Waals surface area (Å²) in [5.41, 5.74) is 0.980. The first-order valence-electron chi connectivity index (χ1n) is 5.48. The van der Waals surface area contributed by atoms with E-state index in [-0.39, 0.29) is 5.41 Å². The molecule has 3 heteroatoms. The summed E-state index contributed by atoms with van der Waals surface area (Å²) in [5.74, 6) is 0. The average molecular weight is 280 g/mol. The van der Waals surface area contributed by atoms with Crippen molar-refractivity contribution in [2.24, 2.45) is 5.41 Å². The van der Waals surface area contributed by atoms with Gasteiger partial charge in [0.05, 0.1) is 11.5 Å². The molecule has 0 atom stereocenters. The highest BCUT2D eigenvalue weighted by atomic mass is 79.9. The van der Waals surface area contributed by atoms with Crippen LogP contribution in [0.5, 0.6) is 0 Å². The molecule has 0 saturated carbocycles. The van der Waals surface area contributed by atoms with E-state index >= 15 is 0 Å². The molecule has 2 rings (SSSR count). The Labute approximate surface area is 104 Å². The highest BCUT2D eigenvalue weighted by Crippen LogP contribution is 2.35. The van der Waals surface area contributed by atoms with Crippen molar-refractivity contribution in [1.29, 1.82) is 5.26 Å². The van der Waals surface area contributed by atoms with Crippen molar-refractivity contribution in [3.05, 3.63) is 34.3 Å². The Hall–Kier alpha value is -0.850. The van der Waals surface area contributed by atoms with Gasteiger partial charge in [-0.1, -0.05) is 34.1 Å². The number of halogens is 1. The molecular weight excluding hydrogens is 266 g/mol. The normalized spacial score (nSPS) is 19.0. The summed E-state index contributed by atoms with van der Waals surface area (Å²) in [6.45, 7) is 1.41. The summed E-state index contributed by atoms with van der Waals surface area (Å²) in [6.07, 6.45) is 2.49. The van der Waals surface area contributed by atoms with Gasteiger partial charge in [-0.15, -0.1) is 0 Å². The zero-order valence-electron chi connectivity index (χ0n) is 9.08. The fraction of sp³-hybridized carbons (Fsp3) is 0.462. The summed E-state index contributed by atoms with van der Waals surface area (Å²) < 4.78 is 6.43. The van der Waals surface area contributed by atoms with Crippen LogP contribution in [0.15, 0.2) is 28.7 Å². The topological polar surface area (TPSA) is 33.0 Å². The summed E-state index contributed by atoms with van der Waals surface area (Å²) in [4.78, 5) is 0. The fourth-order valence-electron chi connectivity index (χ4n) is 2.10.